The summed E-state index contributed by atoms with van der Waals surface area (Å²) in [7, 11) is 0. The zero-order valence-corrected chi connectivity index (χ0v) is 16.2. The van der Waals surface area contributed by atoms with E-state index in [1.54, 1.807) is 0 Å². The van der Waals surface area contributed by atoms with Gasteiger partial charge in [0.05, 0.1) is 12.2 Å². The summed E-state index contributed by atoms with van der Waals surface area (Å²) < 4.78 is 0. The van der Waals surface area contributed by atoms with Crippen LogP contribution in [-0.4, -0.2) is 28.2 Å². The highest BCUT2D eigenvalue weighted by molar-refractivity contribution is 5.93. The summed E-state index contributed by atoms with van der Waals surface area (Å²) >= 11 is 0. The quantitative estimate of drug-likeness (QED) is 0.760. The van der Waals surface area contributed by atoms with Crippen molar-refractivity contribution in [3.05, 3.63) is 11.6 Å². The van der Waals surface area contributed by atoms with Gasteiger partial charge in [-0.1, -0.05) is 26.3 Å². The van der Waals surface area contributed by atoms with Gasteiger partial charge in [-0.2, -0.15) is 0 Å². The van der Waals surface area contributed by atoms with Gasteiger partial charge in [0.25, 0.3) is 0 Å². The monoisotopic (exact) mass is 346 g/mol. The number of hydrogen-bond acceptors (Lipinski definition) is 3. The Hall–Kier alpha value is -0.670. The molecule has 0 aromatic rings. The van der Waals surface area contributed by atoms with Crippen molar-refractivity contribution in [2.45, 2.75) is 78.4 Å². The molecule has 140 valence electrons. The van der Waals surface area contributed by atoms with Crippen molar-refractivity contribution in [3.63, 3.8) is 0 Å². The maximum absolute atomic E-state index is 12.2. The first-order chi connectivity index (χ1) is 11.7. The minimum Gasteiger partial charge on any atom is -0.393 e. The van der Waals surface area contributed by atoms with Gasteiger partial charge in [-0.15, -0.1) is 0 Å². The Morgan fingerprint density at radius 2 is 1.92 bits per heavy atom. The molecule has 3 saturated carbocycles. The van der Waals surface area contributed by atoms with Crippen molar-refractivity contribution in [1.29, 1.82) is 0 Å². The van der Waals surface area contributed by atoms with Crippen LogP contribution in [0.2, 0.25) is 0 Å². The van der Waals surface area contributed by atoms with Crippen molar-refractivity contribution in [3.8, 4) is 0 Å². The van der Waals surface area contributed by atoms with E-state index in [1.165, 1.54) is 12.0 Å². The molecule has 2 N–H and O–H groups in total. The molecule has 3 heteroatoms. The Morgan fingerprint density at radius 1 is 1.20 bits per heavy atom. The second kappa shape index (κ2) is 5.66. The number of carbonyl (C=O) groups excluding carboxylic acids is 1. The fourth-order valence-corrected chi connectivity index (χ4v) is 7.86. The molecule has 9 atom stereocenters. The van der Waals surface area contributed by atoms with Gasteiger partial charge >= 0.3 is 0 Å². The molecule has 4 rings (SSSR count). The summed E-state index contributed by atoms with van der Waals surface area (Å²) in [6.45, 7) is 8.60. The highest BCUT2D eigenvalue weighted by atomic mass is 16.3. The third kappa shape index (κ3) is 2.34. The fourth-order valence-electron chi connectivity index (χ4n) is 7.86. The van der Waals surface area contributed by atoms with Crippen molar-refractivity contribution in [1.82, 2.24) is 0 Å². The second-order valence-corrected chi connectivity index (χ2v) is 10.1. The molecule has 0 heterocycles. The normalized spacial score (nSPS) is 53.5. The highest BCUT2D eigenvalue weighted by Gasteiger charge is 2.62. The van der Waals surface area contributed by atoms with Gasteiger partial charge in [-0.05, 0) is 86.0 Å². The lowest BCUT2D eigenvalue weighted by atomic mass is 9.45. The summed E-state index contributed by atoms with van der Waals surface area (Å²) in [5, 5.41) is 21.6. The summed E-state index contributed by atoms with van der Waals surface area (Å²) in [5.74, 6) is 2.06. The lowest BCUT2D eigenvalue weighted by Crippen LogP contribution is -2.57. The molecule has 0 bridgehead atoms. The third-order valence-corrected chi connectivity index (χ3v) is 8.86. The highest BCUT2D eigenvalue weighted by Crippen LogP contribution is 2.67. The van der Waals surface area contributed by atoms with Crippen LogP contribution >= 0.6 is 0 Å². The first kappa shape index (κ1) is 17.7. The minimum atomic E-state index is -0.320. The number of ketones is 1. The first-order valence-electron chi connectivity index (χ1n) is 10.3. The van der Waals surface area contributed by atoms with Gasteiger partial charge in [-0.25, -0.2) is 0 Å². The van der Waals surface area contributed by atoms with Gasteiger partial charge < -0.3 is 10.2 Å². The average molecular weight is 347 g/mol. The van der Waals surface area contributed by atoms with Gasteiger partial charge in [0.2, 0.25) is 0 Å². The van der Waals surface area contributed by atoms with Gasteiger partial charge in [-0.3, -0.25) is 4.79 Å². The number of aliphatic hydroxyl groups excluding tert-OH is 2. The number of aliphatic hydroxyl groups is 2. The number of rotatable bonds is 1. The van der Waals surface area contributed by atoms with Gasteiger partial charge in [0.1, 0.15) is 0 Å². The minimum absolute atomic E-state index is 0.0279. The van der Waals surface area contributed by atoms with Crippen LogP contribution in [0.3, 0.4) is 0 Å². The summed E-state index contributed by atoms with van der Waals surface area (Å²) in [5.41, 5.74) is 1.33. The molecule has 3 fully saturated rings. The van der Waals surface area contributed by atoms with Gasteiger partial charge in [0, 0.05) is 5.92 Å². The SMILES string of the molecule is CC1C[C@@]2(C)C(=CC1=O)CC[C@@H]1[C@@H]2[C@@H](O)C[C@]2(C)[C@@H](C(C)O)CC[C@@H]12. The summed E-state index contributed by atoms with van der Waals surface area (Å²) in [6.07, 6.45) is 7.37. The van der Waals surface area contributed by atoms with E-state index in [1.807, 2.05) is 19.9 Å². The van der Waals surface area contributed by atoms with E-state index in [-0.39, 0.29) is 40.7 Å². The van der Waals surface area contributed by atoms with Crippen LogP contribution in [0.25, 0.3) is 0 Å². The molecular weight excluding hydrogens is 312 g/mol. The fraction of sp³-hybridized carbons (Fsp3) is 0.864. The molecule has 4 aliphatic carbocycles. The maximum atomic E-state index is 12.2. The van der Waals surface area contributed by atoms with Crippen LogP contribution in [0, 0.1) is 40.4 Å². The van der Waals surface area contributed by atoms with Crippen molar-refractivity contribution >= 4 is 5.78 Å². The topological polar surface area (TPSA) is 57.5 Å². The molecule has 25 heavy (non-hydrogen) atoms. The number of hydrogen-bond donors (Lipinski definition) is 2. The molecule has 2 unspecified atom stereocenters. The van der Waals surface area contributed by atoms with Crippen LogP contribution in [0.5, 0.6) is 0 Å². The number of allylic oxidation sites excluding steroid dienone is 1. The van der Waals surface area contributed by atoms with E-state index < -0.39 is 0 Å². The molecular formula is C22H34O3. The molecule has 3 nitrogen and oxygen atoms in total. The lowest BCUT2D eigenvalue weighted by molar-refractivity contribution is -0.143. The number of carbonyl (C=O) groups is 1. The van der Waals surface area contributed by atoms with Crippen LogP contribution in [0.15, 0.2) is 11.6 Å². The molecule has 0 spiro atoms. The Morgan fingerprint density at radius 3 is 2.60 bits per heavy atom. The van der Waals surface area contributed by atoms with Crippen LogP contribution in [0.4, 0.5) is 0 Å². The van der Waals surface area contributed by atoms with Crippen molar-refractivity contribution < 1.29 is 15.0 Å². The van der Waals surface area contributed by atoms with E-state index in [4.69, 9.17) is 0 Å². The Kier molecular flexibility index (Phi) is 4.01. The van der Waals surface area contributed by atoms with E-state index in [2.05, 4.69) is 13.8 Å². The molecule has 0 aliphatic heterocycles. The Bertz CT molecular complexity index is 608. The lowest BCUT2D eigenvalue weighted by Gasteiger charge is -2.60. The molecule has 0 amide bonds. The van der Waals surface area contributed by atoms with Gasteiger partial charge in [0.15, 0.2) is 5.78 Å². The van der Waals surface area contributed by atoms with E-state index in [9.17, 15) is 15.0 Å². The predicted octanol–water partition coefficient (Wildman–Crippen LogP) is 3.73. The maximum Gasteiger partial charge on any atom is 0.158 e. The van der Waals surface area contributed by atoms with E-state index in [0.717, 1.165) is 32.1 Å². The molecule has 0 radical (unpaired) electrons. The Labute approximate surface area is 151 Å². The van der Waals surface area contributed by atoms with Crippen molar-refractivity contribution in [2.24, 2.45) is 40.4 Å². The first-order valence-corrected chi connectivity index (χ1v) is 10.3. The summed E-state index contributed by atoms with van der Waals surface area (Å²) in [4.78, 5) is 12.2. The van der Waals surface area contributed by atoms with Crippen LogP contribution < -0.4 is 0 Å². The molecule has 0 aromatic carbocycles. The summed E-state index contributed by atoms with van der Waals surface area (Å²) in [6, 6.07) is 0. The predicted molar refractivity (Wildman–Crippen MR) is 97.8 cm³/mol. The largest absolute Gasteiger partial charge is 0.393 e. The average Bonchev–Trinajstić information content (AvgIpc) is 2.85. The zero-order chi connectivity index (χ0) is 18.1. The number of fused-ring (bicyclic) bond motifs is 5. The van der Waals surface area contributed by atoms with E-state index in [0.29, 0.717) is 17.8 Å². The van der Waals surface area contributed by atoms with Crippen LogP contribution in [0.1, 0.15) is 66.2 Å². The third-order valence-electron chi connectivity index (χ3n) is 8.86. The smallest absolute Gasteiger partial charge is 0.158 e. The zero-order valence-electron chi connectivity index (χ0n) is 16.2. The molecule has 4 aliphatic rings. The Balaban J connectivity index is 1.72. The second-order valence-electron chi connectivity index (χ2n) is 10.1. The van der Waals surface area contributed by atoms with E-state index >= 15 is 0 Å². The molecule has 0 aromatic heterocycles. The molecule has 0 saturated heterocycles. The van der Waals surface area contributed by atoms with Crippen LogP contribution in [-0.2, 0) is 4.79 Å². The standard InChI is InChI=1S/C22H34O3/c1-12-10-21(3)14(9-18(12)24)5-6-15-17-8-7-16(13(2)23)22(17,4)11-19(25)20(15)21/h9,12-13,15-17,19-20,23,25H,5-8,10-11H2,1-4H3/t12?,13?,15-,16+,17-,19-,20+,21-,22+/m0/s1. The van der Waals surface area contributed by atoms with Crippen molar-refractivity contribution in [2.75, 3.05) is 0 Å².